The maximum Gasteiger partial charge on any atom is 0.224 e. The van der Waals surface area contributed by atoms with Crippen LogP contribution < -0.4 is 11.1 Å². The van der Waals surface area contributed by atoms with Gasteiger partial charge in [0.05, 0.1) is 0 Å². The molecule has 0 saturated heterocycles. The normalized spacial score (nSPS) is 17.2. The Kier molecular flexibility index (Phi) is 5.65. The maximum atomic E-state index is 11.7. The van der Waals surface area contributed by atoms with E-state index in [1.54, 1.807) is 0 Å². The molecule has 0 heterocycles. The van der Waals surface area contributed by atoms with Crippen molar-refractivity contribution in [3.63, 3.8) is 0 Å². The molecule has 0 spiro atoms. The zero-order valence-electron chi connectivity index (χ0n) is 11.0. The predicted octanol–water partition coefficient (Wildman–Crippen LogP) is 2.50. The van der Waals surface area contributed by atoms with Crippen molar-refractivity contribution in [3.8, 4) is 0 Å². The summed E-state index contributed by atoms with van der Waals surface area (Å²) in [5.74, 6) is -0.0917. The van der Waals surface area contributed by atoms with E-state index in [0.29, 0.717) is 13.1 Å². The van der Waals surface area contributed by atoms with Crippen molar-refractivity contribution in [2.75, 3.05) is 13.1 Å². The van der Waals surface area contributed by atoms with Gasteiger partial charge in [0.15, 0.2) is 0 Å². The minimum Gasteiger partial charge on any atom is -0.355 e. The van der Waals surface area contributed by atoms with Crippen LogP contribution in [0.25, 0.3) is 0 Å². The molecule has 106 valence electrons. The number of benzene rings is 1. The molecule has 5 heteroatoms. The molecule has 1 aromatic carbocycles. The number of nitrogens with one attached hydrogen (secondary N) is 1. The van der Waals surface area contributed by atoms with Crippen molar-refractivity contribution in [1.82, 2.24) is 5.32 Å². The average molecular weight is 303 g/mol. The van der Waals surface area contributed by atoms with Crippen LogP contribution in [0.1, 0.15) is 25.3 Å². The molecular formula is C14H20Cl2N2O. The zero-order chi connectivity index (χ0) is 13.2. The van der Waals surface area contributed by atoms with E-state index >= 15 is 0 Å². The quantitative estimate of drug-likeness (QED) is 0.878. The Balaban J connectivity index is 0.00000180. The Hall–Kier alpha value is -0.770. The van der Waals surface area contributed by atoms with Gasteiger partial charge in [0.25, 0.3) is 0 Å². The molecule has 1 saturated carbocycles. The van der Waals surface area contributed by atoms with Gasteiger partial charge in [-0.1, -0.05) is 30.7 Å². The number of hydrogen-bond donors (Lipinski definition) is 2. The lowest BCUT2D eigenvalue weighted by Gasteiger charge is -2.18. The van der Waals surface area contributed by atoms with E-state index in [1.165, 1.54) is 5.56 Å². The fourth-order valence-electron chi connectivity index (χ4n) is 2.07. The van der Waals surface area contributed by atoms with E-state index in [4.69, 9.17) is 17.3 Å². The SMILES string of the molecule is CC(CN)C(=O)NCC1(c2cccc(Cl)c2)CC1.Cl. The van der Waals surface area contributed by atoms with Gasteiger partial charge in [0.1, 0.15) is 0 Å². The molecule has 1 fully saturated rings. The number of nitrogens with two attached hydrogens (primary N) is 1. The Morgan fingerprint density at radius 1 is 1.53 bits per heavy atom. The highest BCUT2D eigenvalue weighted by atomic mass is 35.5. The van der Waals surface area contributed by atoms with Crippen LogP contribution in [0.5, 0.6) is 0 Å². The largest absolute Gasteiger partial charge is 0.355 e. The minimum absolute atomic E-state index is 0. The van der Waals surface area contributed by atoms with Crippen LogP contribution in [0.4, 0.5) is 0 Å². The second-order valence-electron chi connectivity index (χ2n) is 5.15. The molecule has 3 N–H and O–H groups in total. The third kappa shape index (κ3) is 3.85. The van der Waals surface area contributed by atoms with Crippen LogP contribution in [0, 0.1) is 5.92 Å². The summed E-state index contributed by atoms with van der Waals surface area (Å²) < 4.78 is 0. The molecule has 1 unspecified atom stereocenters. The predicted molar refractivity (Wildman–Crippen MR) is 80.8 cm³/mol. The molecule has 1 amide bonds. The summed E-state index contributed by atoms with van der Waals surface area (Å²) in [6.45, 7) is 2.90. The van der Waals surface area contributed by atoms with Crippen LogP contribution in [-0.4, -0.2) is 19.0 Å². The third-order valence-corrected chi connectivity index (χ3v) is 3.93. The summed E-state index contributed by atoms with van der Waals surface area (Å²) in [6, 6.07) is 7.91. The van der Waals surface area contributed by atoms with E-state index in [9.17, 15) is 4.79 Å². The van der Waals surface area contributed by atoms with Gasteiger partial charge in [-0.3, -0.25) is 4.79 Å². The number of hydrogen-bond acceptors (Lipinski definition) is 2. The van der Waals surface area contributed by atoms with Gasteiger partial charge in [0, 0.05) is 29.4 Å². The van der Waals surface area contributed by atoms with Gasteiger partial charge in [-0.15, -0.1) is 12.4 Å². The molecule has 2 rings (SSSR count). The van der Waals surface area contributed by atoms with Crippen LogP contribution in [0.15, 0.2) is 24.3 Å². The van der Waals surface area contributed by atoms with Crippen LogP contribution in [0.2, 0.25) is 5.02 Å². The second kappa shape index (κ2) is 6.60. The summed E-state index contributed by atoms with van der Waals surface area (Å²) in [5, 5.41) is 3.74. The summed E-state index contributed by atoms with van der Waals surface area (Å²) in [6.07, 6.45) is 2.20. The highest BCUT2D eigenvalue weighted by Crippen LogP contribution is 2.48. The Morgan fingerprint density at radius 2 is 2.21 bits per heavy atom. The van der Waals surface area contributed by atoms with E-state index in [0.717, 1.165) is 17.9 Å². The molecule has 1 atom stereocenters. The van der Waals surface area contributed by atoms with Crippen molar-refractivity contribution in [2.24, 2.45) is 11.7 Å². The molecule has 1 aliphatic rings. The first-order valence-electron chi connectivity index (χ1n) is 6.31. The van der Waals surface area contributed by atoms with Crippen LogP contribution in [0.3, 0.4) is 0 Å². The lowest BCUT2D eigenvalue weighted by Crippen LogP contribution is -2.38. The van der Waals surface area contributed by atoms with E-state index in [-0.39, 0.29) is 29.6 Å². The molecule has 0 radical (unpaired) electrons. The molecule has 1 aromatic rings. The number of halogens is 2. The third-order valence-electron chi connectivity index (χ3n) is 3.69. The molecule has 1 aliphatic carbocycles. The number of carbonyl (C=O) groups is 1. The Labute approximate surface area is 125 Å². The standard InChI is InChI=1S/C14H19ClN2O.ClH/c1-10(8-16)13(18)17-9-14(5-6-14)11-3-2-4-12(15)7-11;/h2-4,7,10H,5-6,8-9,16H2,1H3,(H,17,18);1H. The molecule has 3 nitrogen and oxygen atoms in total. The summed E-state index contributed by atoms with van der Waals surface area (Å²) in [5.41, 5.74) is 6.79. The zero-order valence-corrected chi connectivity index (χ0v) is 12.6. The van der Waals surface area contributed by atoms with Crippen LogP contribution in [-0.2, 0) is 10.2 Å². The molecular weight excluding hydrogens is 283 g/mol. The first kappa shape index (κ1) is 16.3. The Morgan fingerprint density at radius 3 is 2.74 bits per heavy atom. The first-order chi connectivity index (χ1) is 8.57. The van der Waals surface area contributed by atoms with Gasteiger partial charge in [-0.05, 0) is 30.5 Å². The molecule has 0 aromatic heterocycles. The number of rotatable bonds is 5. The fourth-order valence-corrected chi connectivity index (χ4v) is 2.26. The minimum atomic E-state index is -0.125. The van der Waals surface area contributed by atoms with Gasteiger partial charge in [-0.25, -0.2) is 0 Å². The van der Waals surface area contributed by atoms with Gasteiger partial charge < -0.3 is 11.1 Å². The van der Waals surface area contributed by atoms with Gasteiger partial charge in [0.2, 0.25) is 5.91 Å². The van der Waals surface area contributed by atoms with Crippen molar-refractivity contribution in [3.05, 3.63) is 34.9 Å². The Bertz CT molecular complexity index is 447. The maximum absolute atomic E-state index is 11.7. The van der Waals surface area contributed by atoms with Gasteiger partial charge >= 0.3 is 0 Å². The lowest BCUT2D eigenvalue weighted by molar-refractivity contribution is -0.124. The van der Waals surface area contributed by atoms with Crippen LogP contribution >= 0.6 is 24.0 Å². The van der Waals surface area contributed by atoms with Gasteiger partial charge in [-0.2, -0.15) is 0 Å². The molecule has 0 aliphatic heterocycles. The fraction of sp³-hybridized carbons (Fsp3) is 0.500. The topological polar surface area (TPSA) is 55.1 Å². The van der Waals surface area contributed by atoms with E-state index in [1.807, 2.05) is 25.1 Å². The highest BCUT2D eigenvalue weighted by molar-refractivity contribution is 6.30. The van der Waals surface area contributed by atoms with Crippen molar-refractivity contribution >= 4 is 29.9 Å². The van der Waals surface area contributed by atoms with E-state index < -0.39 is 0 Å². The smallest absolute Gasteiger partial charge is 0.224 e. The molecule has 19 heavy (non-hydrogen) atoms. The summed E-state index contributed by atoms with van der Waals surface area (Å²) >= 11 is 6.01. The lowest BCUT2D eigenvalue weighted by atomic mass is 9.95. The first-order valence-corrected chi connectivity index (χ1v) is 6.69. The number of amides is 1. The second-order valence-corrected chi connectivity index (χ2v) is 5.58. The van der Waals surface area contributed by atoms with Crippen molar-refractivity contribution in [1.29, 1.82) is 0 Å². The summed E-state index contributed by atoms with van der Waals surface area (Å²) in [7, 11) is 0. The van der Waals surface area contributed by atoms with Crippen molar-refractivity contribution < 1.29 is 4.79 Å². The summed E-state index contributed by atoms with van der Waals surface area (Å²) in [4.78, 5) is 11.7. The highest BCUT2D eigenvalue weighted by Gasteiger charge is 2.44. The number of carbonyl (C=O) groups excluding carboxylic acids is 1. The monoisotopic (exact) mass is 302 g/mol. The van der Waals surface area contributed by atoms with E-state index in [2.05, 4.69) is 11.4 Å². The van der Waals surface area contributed by atoms with Crippen molar-refractivity contribution in [2.45, 2.75) is 25.2 Å². The molecule has 0 bridgehead atoms. The average Bonchev–Trinajstić information content (AvgIpc) is 3.16.